The number of anilines is 1. The molecule has 13 heavy (non-hydrogen) atoms. The van der Waals surface area contributed by atoms with Gasteiger partial charge in [-0.1, -0.05) is 6.07 Å². The summed E-state index contributed by atoms with van der Waals surface area (Å²) in [5, 5.41) is 8.46. The first-order valence-corrected chi connectivity index (χ1v) is 4.62. The number of nitrogen functional groups attached to an aromatic ring is 1. The van der Waals surface area contributed by atoms with E-state index in [0.29, 0.717) is 12.1 Å². The summed E-state index contributed by atoms with van der Waals surface area (Å²) in [5.41, 5.74) is 12.9. The maximum Gasteiger partial charge on any atom is 0.0641 e. The summed E-state index contributed by atoms with van der Waals surface area (Å²) >= 11 is 3.30. The number of hydrogen-bond acceptors (Lipinski definition) is 3. The van der Waals surface area contributed by atoms with Crippen LogP contribution in [-0.4, -0.2) is 0 Å². The molecule has 3 nitrogen and oxygen atoms in total. The lowest BCUT2D eigenvalue weighted by Gasteiger charge is -2.08. The quantitative estimate of drug-likeness (QED) is 0.775. The van der Waals surface area contributed by atoms with Crippen LogP contribution in [0.15, 0.2) is 22.7 Å². The zero-order valence-corrected chi connectivity index (χ0v) is 8.58. The molecular weight excluding hydrogens is 230 g/mol. The van der Waals surface area contributed by atoms with Crippen molar-refractivity contribution in [2.75, 3.05) is 5.73 Å². The number of halogens is 1. The fourth-order valence-corrected chi connectivity index (χ4v) is 1.39. The lowest BCUT2D eigenvalue weighted by atomic mass is 10.1. The van der Waals surface area contributed by atoms with Crippen LogP contribution < -0.4 is 11.5 Å². The van der Waals surface area contributed by atoms with Crippen molar-refractivity contribution in [1.29, 1.82) is 5.26 Å². The molecule has 0 aliphatic heterocycles. The largest absolute Gasteiger partial charge is 0.398 e. The molecular formula is C9H10BrN3. The van der Waals surface area contributed by atoms with Gasteiger partial charge in [0.05, 0.1) is 12.5 Å². The summed E-state index contributed by atoms with van der Waals surface area (Å²) in [4.78, 5) is 0. The van der Waals surface area contributed by atoms with Gasteiger partial charge in [0, 0.05) is 16.2 Å². The fraction of sp³-hybridized carbons (Fsp3) is 0.222. The van der Waals surface area contributed by atoms with Gasteiger partial charge >= 0.3 is 0 Å². The Morgan fingerprint density at radius 3 is 2.77 bits per heavy atom. The van der Waals surface area contributed by atoms with E-state index in [1.54, 1.807) is 6.07 Å². The van der Waals surface area contributed by atoms with Crippen LogP contribution in [0.25, 0.3) is 0 Å². The van der Waals surface area contributed by atoms with Crippen molar-refractivity contribution in [2.45, 2.75) is 12.5 Å². The minimum absolute atomic E-state index is 0.234. The first kappa shape index (κ1) is 10.0. The predicted octanol–water partition coefficient (Wildman–Crippen LogP) is 1.94. The molecule has 1 aromatic carbocycles. The number of hydrogen-bond donors (Lipinski definition) is 2. The van der Waals surface area contributed by atoms with Gasteiger partial charge in [-0.05, 0) is 33.6 Å². The summed E-state index contributed by atoms with van der Waals surface area (Å²) in [6.45, 7) is 0. The highest BCUT2D eigenvalue weighted by Gasteiger charge is 2.06. The van der Waals surface area contributed by atoms with Crippen LogP contribution in [0.3, 0.4) is 0 Å². The van der Waals surface area contributed by atoms with E-state index in [-0.39, 0.29) is 6.04 Å². The van der Waals surface area contributed by atoms with Crippen LogP contribution in [-0.2, 0) is 0 Å². The summed E-state index contributed by atoms with van der Waals surface area (Å²) in [6, 6.07) is 7.25. The molecule has 0 unspecified atom stereocenters. The first-order valence-electron chi connectivity index (χ1n) is 3.82. The third kappa shape index (κ3) is 2.44. The number of nitrogens with two attached hydrogens (primary N) is 2. The second-order valence-corrected chi connectivity index (χ2v) is 3.60. The van der Waals surface area contributed by atoms with Gasteiger partial charge < -0.3 is 11.5 Å². The SMILES string of the molecule is N#CC[C@H](N)c1ccc(N)c(Br)c1. The van der Waals surface area contributed by atoms with Gasteiger partial charge in [-0.2, -0.15) is 5.26 Å². The van der Waals surface area contributed by atoms with Gasteiger partial charge in [0.25, 0.3) is 0 Å². The third-order valence-corrected chi connectivity index (χ3v) is 2.45. The summed E-state index contributed by atoms with van der Waals surface area (Å²) in [6.07, 6.45) is 0.316. The van der Waals surface area contributed by atoms with Crippen LogP contribution in [0.2, 0.25) is 0 Å². The standard InChI is InChI=1S/C9H10BrN3/c10-7-5-6(1-2-9(7)13)8(12)3-4-11/h1-2,5,8H,3,12-13H2/t8-/m0/s1. The minimum Gasteiger partial charge on any atom is -0.398 e. The van der Waals surface area contributed by atoms with E-state index in [1.165, 1.54) is 0 Å². The van der Waals surface area contributed by atoms with E-state index in [9.17, 15) is 0 Å². The van der Waals surface area contributed by atoms with Crippen molar-refractivity contribution in [3.63, 3.8) is 0 Å². The Balaban J connectivity index is 2.91. The molecule has 0 fully saturated rings. The van der Waals surface area contributed by atoms with Gasteiger partial charge in [0.1, 0.15) is 0 Å². The molecule has 1 atom stereocenters. The van der Waals surface area contributed by atoms with E-state index in [2.05, 4.69) is 15.9 Å². The molecule has 0 aromatic heterocycles. The lowest BCUT2D eigenvalue weighted by Crippen LogP contribution is -2.09. The Morgan fingerprint density at radius 1 is 1.54 bits per heavy atom. The van der Waals surface area contributed by atoms with Crippen molar-refractivity contribution >= 4 is 21.6 Å². The Bertz CT molecular complexity index is 343. The van der Waals surface area contributed by atoms with Crippen LogP contribution in [0.1, 0.15) is 18.0 Å². The average Bonchev–Trinajstić information content (AvgIpc) is 2.10. The molecule has 0 radical (unpaired) electrons. The lowest BCUT2D eigenvalue weighted by molar-refractivity contribution is 0.748. The molecule has 0 bridgehead atoms. The molecule has 1 aromatic rings. The third-order valence-electron chi connectivity index (χ3n) is 1.76. The van der Waals surface area contributed by atoms with Crippen molar-refractivity contribution in [2.24, 2.45) is 5.73 Å². The monoisotopic (exact) mass is 239 g/mol. The second kappa shape index (κ2) is 4.26. The molecule has 0 saturated carbocycles. The topological polar surface area (TPSA) is 75.8 Å². The molecule has 0 amide bonds. The van der Waals surface area contributed by atoms with Crippen molar-refractivity contribution in [3.8, 4) is 6.07 Å². The Morgan fingerprint density at radius 2 is 2.23 bits per heavy atom. The van der Waals surface area contributed by atoms with Gasteiger partial charge in [-0.25, -0.2) is 0 Å². The highest BCUT2D eigenvalue weighted by Crippen LogP contribution is 2.24. The van der Waals surface area contributed by atoms with Gasteiger partial charge in [0.2, 0.25) is 0 Å². The Kier molecular flexibility index (Phi) is 3.29. The predicted molar refractivity (Wildman–Crippen MR) is 55.7 cm³/mol. The van der Waals surface area contributed by atoms with E-state index in [1.807, 2.05) is 18.2 Å². The fourth-order valence-electron chi connectivity index (χ4n) is 0.990. The molecule has 0 aliphatic carbocycles. The molecule has 0 spiro atoms. The number of benzene rings is 1. The molecule has 0 heterocycles. The van der Waals surface area contributed by atoms with Gasteiger partial charge in [-0.3, -0.25) is 0 Å². The maximum atomic E-state index is 8.46. The highest BCUT2D eigenvalue weighted by molar-refractivity contribution is 9.10. The van der Waals surface area contributed by atoms with Crippen LogP contribution >= 0.6 is 15.9 Å². The molecule has 68 valence electrons. The zero-order chi connectivity index (χ0) is 9.84. The van der Waals surface area contributed by atoms with Gasteiger partial charge in [0.15, 0.2) is 0 Å². The van der Waals surface area contributed by atoms with Gasteiger partial charge in [-0.15, -0.1) is 0 Å². The molecule has 1 rings (SSSR count). The average molecular weight is 240 g/mol. The van der Waals surface area contributed by atoms with E-state index in [4.69, 9.17) is 16.7 Å². The summed E-state index contributed by atoms with van der Waals surface area (Å²) in [5.74, 6) is 0. The smallest absolute Gasteiger partial charge is 0.0641 e. The Hall–Kier alpha value is -1.05. The first-order chi connectivity index (χ1) is 6.15. The normalized spacial score (nSPS) is 12.1. The number of nitrogens with zero attached hydrogens (tertiary/aromatic N) is 1. The summed E-state index contributed by atoms with van der Waals surface area (Å²) < 4.78 is 0.818. The van der Waals surface area contributed by atoms with E-state index >= 15 is 0 Å². The number of rotatable bonds is 2. The van der Waals surface area contributed by atoms with Crippen LogP contribution in [0, 0.1) is 11.3 Å². The van der Waals surface area contributed by atoms with Crippen LogP contribution in [0.5, 0.6) is 0 Å². The number of nitriles is 1. The maximum absolute atomic E-state index is 8.46. The molecule has 0 saturated heterocycles. The molecule has 4 heteroatoms. The minimum atomic E-state index is -0.234. The Labute approximate surface area is 85.5 Å². The van der Waals surface area contributed by atoms with Crippen LogP contribution in [0.4, 0.5) is 5.69 Å². The van der Waals surface area contributed by atoms with Crippen molar-refractivity contribution in [3.05, 3.63) is 28.2 Å². The van der Waals surface area contributed by atoms with E-state index in [0.717, 1.165) is 10.0 Å². The van der Waals surface area contributed by atoms with Crippen molar-refractivity contribution in [1.82, 2.24) is 0 Å². The molecule has 4 N–H and O–H groups in total. The zero-order valence-electron chi connectivity index (χ0n) is 7.00. The second-order valence-electron chi connectivity index (χ2n) is 2.75. The summed E-state index contributed by atoms with van der Waals surface area (Å²) in [7, 11) is 0. The van der Waals surface area contributed by atoms with E-state index < -0.39 is 0 Å². The molecule has 0 aliphatic rings. The van der Waals surface area contributed by atoms with Crippen molar-refractivity contribution < 1.29 is 0 Å². The highest BCUT2D eigenvalue weighted by atomic mass is 79.9.